The van der Waals surface area contributed by atoms with Crippen LogP contribution in [-0.2, 0) is 0 Å². The van der Waals surface area contributed by atoms with Crippen LogP contribution in [0.2, 0.25) is 5.02 Å². The average Bonchev–Trinajstić information content (AvgIpc) is 2.49. The average molecular weight is 313 g/mol. The first-order valence-corrected chi connectivity index (χ1v) is 6.99. The van der Waals surface area contributed by atoms with Crippen molar-refractivity contribution in [1.29, 1.82) is 0 Å². The minimum absolute atomic E-state index is 0.452. The van der Waals surface area contributed by atoms with Gasteiger partial charge in [-0.05, 0) is 37.3 Å². The van der Waals surface area contributed by atoms with Gasteiger partial charge in [-0.25, -0.2) is 15.0 Å². The number of pyridine rings is 1. The summed E-state index contributed by atoms with van der Waals surface area (Å²) in [5.74, 6) is 2.19. The molecule has 3 rings (SSSR count). The van der Waals surface area contributed by atoms with Crippen molar-refractivity contribution in [1.82, 2.24) is 15.0 Å². The minimum Gasteiger partial charge on any atom is -0.439 e. The van der Waals surface area contributed by atoms with E-state index >= 15 is 0 Å². The molecule has 2 N–H and O–H groups in total. The van der Waals surface area contributed by atoms with Crippen LogP contribution < -0.4 is 10.5 Å². The smallest absolute Gasteiger partial charge is 0.219 e. The Morgan fingerprint density at radius 2 is 1.82 bits per heavy atom. The van der Waals surface area contributed by atoms with Gasteiger partial charge in [0, 0.05) is 29.6 Å². The van der Waals surface area contributed by atoms with E-state index in [1.54, 1.807) is 18.2 Å². The van der Waals surface area contributed by atoms with Gasteiger partial charge in [0.25, 0.3) is 0 Å². The Labute approximate surface area is 132 Å². The molecule has 2 heterocycles. The highest BCUT2D eigenvalue weighted by Crippen LogP contribution is 2.24. The largest absolute Gasteiger partial charge is 0.439 e. The van der Waals surface area contributed by atoms with Gasteiger partial charge in [-0.1, -0.05) is 11.6 Å². The highest BCUT2D eigenvalue weighted by Gasteiger charge is 2.05. The standard InChI is InChI=1S/C16H13ClN4O/c1-10-8-14(18)21-16(20-10)11-2-5-13(6-3-11)22-15-7-4-12(17)9-19-15/h2-9H,1H3,(H2,18,20,21). The van der Waals surface area contributed by atoms with Crippen LogP contribution in [-0.4, -0.2) is 15.0 Å². The quantitative estimate of drug-likeness (QED) is 0.794. The van der Waals surface area contributed by atoms with E-state index < -0.39 is 0 Å². The molecular formula is C16H13ClN4O. The number of aryl methyl sites for hydroxylation is 1. The summed E-state index contributed by atoms with van der Waals surface area (Å²) in [4.78, 5) is 12.7. The van der Waals surface area contributed by atoms with E-state index in [9.17, 15) is 0 Å². The maximum atomic E-state index is 5.79. The molecule has 0 aliphatic carbocycles. The molecule has 0 bridgehead atoms. The number of nitrogen functional groups attached to an aromatic ring is 1. The number of hydrogen-bond acceptors (Lipinski definition) is 5. The highest BCUT2D eigenvalue weighted by molar-refractivity contribution is 6.30. The van der Waals surface area contributed by atoms with Crippen molar-refractivity contribution in [2.24, 2.45) is 0 Å². The summed E-state index contributed by atoms with van der Waals surface area (Å²) >= 11 is 5.79. The third kappa shape index (κ3) is 3.32. The zero-order valence-electron chi connectivity index (χ0n) is 11.8. The van der Waals surface area contributed by atoms with Crippen LogP contribution in [0, 0.1) is 6.92 Å². The van der Waals surface area contributed by atoms with Crippen LogP contribution >= 0.6 is 11.6 Å². The van der Waals surface area contributed by atoms with Crippen molar-refractivity contribution in [3.8, 4) is 23.0 Å². The second-order valence-corrected chi connectivity index (χ2v) is 5.14. The third-order valence-corrected chi connectivity index (χ3v) is 3.13. The molecule has 0 saturated carbocycles. The van der Waals surface area contributed by atoms with Gasteiger partial charge in [-0.3, -0.25) is 0 Å². The second-order valence-electron chi connectivity index (χ2n) is 4.70. The lowest BCUT2D eigenvalue weighted by Gasteiger charge is -2.06. The summed E-state index contributed by atoms with van der Waals surface area (Å²) in [5.41, 5.74) is 7.44. The number of ether oxygens (including phenoxy) is 1. The van der Waals surface area contributed by atoms with Gasteiger partial charge < -0.3 is 10.5 Å². The summed E-state index contributed by atoms with van der Waals surface area (Å²) < 4.78 is 5.64. The first-order chi connectivity index (χ1) is 10.6. The maximum Gasteiger partial charge on any atom is 0.219 e. The topological polar surface area (TPSA) is 73.9 Å². The van der Waals surface area contributed by atoms with Crippen LogP contribution in [0.5, 0.6) is 11.6 Å². The first kappa shape index (κ1) is 14.3. The molecule has 2 aromatic heterocycles. The van der Waals surface area contributed by atoms with Gasteiger partial charge in [-0.15, -0.1) is 0 Å². The normalized spacial score (nSPS) is 10.5. The summed E-state index contributed by atoms with van der Waals surface area (Å²) in [6.45, 7) is 1.88. The van der Waals surface area contributed by atoms with E-state index in [4.69, 9.17) is 22.1 Å². The Hall–Kier alpha value is -2.66. The molecule has 6 heteroatoms. The molecule has 0 aliphatic rings. The number of nitrogens with two attached hydrogens (primary N) is 1. The van der Waals surface area contributed by atoms with E-state index in [1.807, 2.05) is 31.2 Å². The number of rotatable bonds is 3. The van der Waals surface area contributed by atoms with E-state index in [-0.39, 0.29) is 0 Å². The van der Waals surface area contributed by atoms with Gasteiger partial charge in [0.2, 0.25) is 5.88 Å². The molecule has 0 spiro atoms. The van der Waals surface area contributed by atoms with Gasteiger partial charge in [0.05, 0.1) is 5.02 Å². The van der Waals surface area contributed by atoms with Crippen LogP contribution in [0.1, 0.15) is 5.69 Å². The monoisotopic (exact) mass is 312 g/mol. The number of anilines is 1. The van der Waals surface area contributed by atoms with E-state index in [1.165, 1.54) is 6.20 Å². The fourth-order valence-electron chi connectivity index (χ4n) is 1.94. The Bertz CT molecular complexity index is 768. The predicted octanol–water partition coefficient (Wildman–Crippen LogP) is 3.87. The Balaban J connectivity index is 1.81. The van der Waals surface area contributed by atoms with E-state index in [0.29, 0.717) is 28.3 Å². The molecule has 1 aromatic carbocycles. The Kier molecular flexibility index (Phi) is 3.89. The molecular weight excluding hydrogens is 300 g/mol. The molecule has 0 atom stereocenters. The Morgan fingerprint density at radius 1 is 1.05 bits per heavy atom. The van der Waals surface area contributed by atoms with Crippen LogP contribution in [0.4, 0.5) is 5.82 Å². The van der Waals surface area contributed by atoms with Crippen molar-refractivity contribution in [3.05, 3.63) is 59.4 Å². The van der Waals surface area contributed by atoms with Gasteiger partial charge >= 0.3 is 0 Å². The molecule has 0 radical (unpaired) electrons. The van der Waals surface area contributed by atoms with Crippen LogP contribution in [0.25, 0.3) is 11.4 Å². The summed E-state index contributed by atoms with van der Waals surface area (Å²) in [7, 11) is 0. The zero-order chi connectivity index (χ0) is 15.5. The van der Waals surface area contributed by atoms with Crippen LogP contribution in [0.3, 0.4) is 0 Å². The summed E-state index contributed by atoms with van der Waals surface area (Å²) in [6.07, 6.45) is 1.54. The van der Waals surface area contributed by atoms with Crippen molar-refractivity contribution in [2.75, 3.05) is 5.73 Å². The van der Waals surface area contributed by atoms with Crippen molar-refractivity contribution in [3.63, 3.8) is 0 Å². The van der Waals surface area contributed by atoms with Crippen molar-refractivity contribution in [2.45, 2.75) is 6.92 Å². The first-order valence-electron chi connectivity index (χ1n) is 6.61. The molecule has 0 aliphatic heterocycles. The fourth-order valence-corrected chi connectivity index (χ4v) is 2.05. The fraction of sp³-hybridized carbons (Fsp3) is 0.0625. The molecule has 5 nitrogen and oxygen atoms in total. The summed E-state index contributed by atoms with van der Waals surface area (Å²) in [6, 6.07) is 12.6. The molecule has 0 saturated heterocycles. The Morgan fingerprint density at radius 3 is 2.45 bits per heavy atom. The molecule has 0 amide bonds. The lowest BCUT2D eigenvalue weighted by atomic mass is 10.2. The molecule has 0 unspecified atom stereocenters. The molecule has 3 aromatic rings. The molecule has 22 heavy (non-hydrogen) atoms. The van der Waals surface area contributed by atoms with Gasteiger partial charge in [0.1, 0.15) is 11.6 Å². The molecule has 110 valence electrons. The predicted molar refractivity (Wildman–Crippen MR) is 85.9 cm³/mol. The van der Waals surface area contributed by atoms with E-state index in [0.717, 1.165) is 11.3 Å². The number of aromatic nitrogens is 3. The van der Waals surface area contributed by atoms with Crippen LogP contribution in [0.15, 0.2) is 48.7 Å². The minimum atomic E-state index is 0.452. The number of benzene rings is 1. The van der Waals surface area contributed by atoms with Crippen molar-refractivity contribution >= 4 is 17.4 Å². The summed E-state index contributed by atoms with van der Waals surface area (Å²) in [5, 5.41) is 0.567. The third-order valence-electron chi connectivity index (χ3n) is 2.91. The number of hydrogen-bond donors (Lipinski definition) is 1. The second kappa shape index (κ2) is 5.99. The highest BCUT2D eigenvalue weighted by atomic mass is 35.5. The van der Waals surface area contributed by atoms with Gasteiger partial charge in [-0.2, -0.15) is 0 Å². The lowest BCUT2D eigenvalue weighted by Crippen LogP contribution is -1.97. The van der Waals surface area contributed by atoms with Crippen molar-refractivity contribution < 1.29 is 4.74 Å². The van der Waals surface area contributed by atoms with Gasteiger partial charge in [0.15, 0.2) is 5.82 Å². The van der Waals surface area contributed by atoms with E-state index in [2.05, 4.69) is 15.0 Å². The number of halogens is 1. The maximum absolute atomic E-state index is 5.79. The number of nitrogens with zero attached hydrogens (tertiary/aromatic N) is 3. The lowest BCUT2D eigenvalue weighted by molar-refractivity contribution is 0.463. The SMILES string of the molecule is Cc1cc(N)nc(-c2ccc(Oc3ccc(Cl)cn3)cc2)n1. The molecule has 0 fully saturated rings. The zero-order valence-corrected chi connectivity index (χ0v) is 12.6.